The molecule has 0 amide bonds. The molecule has 0 aliphatic heterocycles. The van der Waals surface area contributed by atoms with E-state index in [9.17, 15) is 19.2 Å². The number of benzene rings is 2. The van der Waals surface area contributed by atoms with Crippen molar-refractivity contribution in [2.24, 2.45) is 11.3 Å². The van der Waals surface area contributed by atoms with E-state index in [1.165, 1.54) is 19.6 Å². The number of rotatable bonds is 20. The predicted molar refractivity (Wildman–Crippen MR) is 413 cm³/mol. The molecule has 0 radical (unpaired) electrons. The maximum absolute atomic E-state index is 11.2. The molecule has 0 atom stereocenters. The summed E-state index contributed by atoms with van der Waals surface area (Å²) in [5.74, 6) is 0.225. The third-order valence-corrected chi connectivity index (χ3v) is 7.81. The summed E-state index contributed by atoms with van der Waals surface area (Å²) in [7, 11) is 4.60. The molecule has 0 N–H and O–H groups in total. The van der Waals surface area contributed by atoms with Crippen LogP contribution in [0.15, 0.2) is 73.3 Å². The van der Waals surface area contributed by atoms with Gasteiger partial charge in [0.1, 0.15) is 6.79 Å². The molecule has 0 saturated heterocycles. The van der Waals surface area contributed by atoms with E-state index in [0.717, 1.165) is 19.1 Å². The minimum atomic E-state index is -0.625. The molecule has 0 spiro atoms. The number of methoxy groups -OCH3 is 3. The first-order chi connectivity index (χ1) is 42.0. The standard InChI is InChI=1S/C10H12O2.C10H14O.C8H16O2.C7H16O.C6H14O.C6H12O.C5H10O3.C5H12O2.C5H10O2.C5H12O.C4H10O.C4H10.4CH4/c1-8(2)12-10(11)9-6-4-3-5-7-9;1-9(2)11-8-10-6-4-3-5-7-10;1-6(2)10-7(9)8(3,4)5;1-6(2)8-7(3,4)5;1-5(2)7-6(3)4;1-4-5-7-6(2)3;1-4(2)8-5(6)7-3;1-5(2)7-4-6-3;1-4(2)7-5(3)6;1-4-6-5(2)3;1-4(2)5-3;1-4(2)3;;;;/h3-8H,1-2H3;3-7,9H,8H2,1-2H3;6H,1-5H3;6H,1-5H3;5-6H,1-4H3;4,6H,1,5H2,2-3H3;4H,1-3H3;5H,4H2,1-3H3;4H,1-3H3;5H,4H2,1-3H3;4H,1-3H3;4H,1-3H3;4*1H4. The van der Waals surface area contributed by atoms with Crippen LogP contribution in [0.4, 0.5) is 4.79 Å². The number of ether oxygens (including phenoxy) is 13. The Bertz CT molecular complexity index is 1800. The van der Waals surface area contributed by atoms with E-state index >= 15 is 0 Å². The van der Waals surface area contributed by atoms with Gasteiger partial charge in [-0.1, -0.05) is 105 Å². The van der Waals surface area contributed by atoms with Gasteiger partial charge in [-0.15, -0.1) is 6.58 Å². The Morgan fingerprint density at radius 2 is 0.802 bits per heavy atom. The lowest BCUT2D eigenvalue weighted by atomic mass is 9.97. The lowest BCUT2D eigenvalue weighted by Gasteiger charge is -2.22. The number of esters is 3. The van der Waals surface area contributed by atoms with Crippen LogP contribution in [0.2, 0.25) is 0 Å². The molecule has 0 aliphatic carbocycles. The van der Waals surface area contributed by atoms with E-state index in [1.54, 1.807) is 46.3 Å². The average molecular weight is 1390 g/mol. The van der Waals surface area contributed by atoms with E-state index in [-0.39, 0.29) is 89.2 Å². The van der Waals surface area contributed by atoms with E-state index in [1.807, 2.05) is 216 Å². The Labute approximate surface area is 596 Å². The molecular formula is C79H164O17. The summed E-state index contributed by atoms with van der Waals surface area (Å²) in [6.07, 6.45) is 3.79. The molecule has 2 aromatic rings. The summed E-state index contributed by atoms with van der Waals surface area (Å²) in [5, 5.41) is 0. The average Bonchev–Trinajstić information content (AvgIpc) is 1.29. The number of carbonyl (C=O) groups is 4. The molecule has 582 valence electrons. The van der Waals surface area contributed by atoms with Gasteiger partial charge in [0.2, 0.25) is 0 Å². The first kappa shape index (κ1) is 125. The van der Waals surface area contributed by atoms with Crippen molar-refractivity contribution in [1.29, 1.82) is 0 Å². The molecule has 0 unspecified atom stereocenters. The summed E-state index contributed by atoms with van der Waals surface area (Å²) >= 11 is 0. The van der Waals surface area contributed by atoms with Crippen LogP contribution in [0.5, 0.6) is 0 Å². The summed E-state index contributed by atoms with van der Waals surface area (Å²) in [4.78, 5) is 42.5. The second-order valence-corrected chi connectivity index (χ2v) is 26.0. The van der Waals surface area contributed by atoms with Gasteiger partial charge in [-0.3, -0.25) is 9.59 Å². The third-order valence-electron chi connectivity index (χ3n) is 7.81. The highest BCUT2D eigenvalue weighted by Gasteiger charge is 2.23. The minimum Gasteiger partial charge on any atom is -0.463 e. The molecule has 0 saturated carbocycles. The molecule has 0 fully saturated rings. The van der Waals surface area contributed by atoms with E-state index in [2.05, 4.69) is 79.2 Å². The van der Waals surface area contributed by atoms with Gasteiger partial charge in [0.15, 0.2) is 0 Å². The zero-order valence-corrected chi connectivity index (χ0v) is 66.3. The Morgan fingerprint density at radius 1 is 0.448 bits per heavy atom. The van der Waals surface area contributed by atoms with Crippen LogP contribution in [-0.2, 0) is 77.8 Å². The molecule has 2 aromatic carbocycles. The fourth-order valence-corrected chi connectivity index (χ4v) is 4.71. The van der Waals surface area contributed by atoms with Crippen molar-refractivity contribution in [3.05, 3.63) is 84.4 Å². The van der Waals surface area contributed by atoms with Crippen LogP contribution in [0, 0.1) is 11.3 Å². The zero-order chi connectivity index (χ0) is 74.8. The fraction of sp³-hybridized carbons (Fsp3) is 0.772. The SMILES string of the molecule is C.C.C.C.C=CCOC(C)C.CC(=O)OC(C)C.CC(C)C.CC(C)OC(=O)C(C)(C)C.CC(C)OC(=O)c1ccccc1.CC(C)OC(C)(C)C.CC(C)OC(C)C.CC(C)OCc1ccccc1.CCOC(C)C.COC(=O)OC(C)C.COC(C)C.COCOC(C)C. The number of hydrogen-bond donors (Lipinski definition) is 0. The normalized spacial score (nSPS) is 9.91. The van der Waals surface area contributed by atoms with E-state index in [4.69, 9.17) is 42.6 Å². The first-order valence-electron chi connectivity index (χ1n) is 32.8. The molecule has 17 nitrogen and oxygen atoms in total. The van der Waals surface area contributed by atoms with Gasteiger partial charge in [-0.25, -0.2) is 9.59 Å². The highest BCUT2D eigenvalue weighted by Crippen LogP contribution is 2.16. The van der Waals surface area contributed by atoms with Gasteiger partial charge >= 0.3 is 24.1 Å². The summed E-state index contributed by atoms with van der Waals surface area (Å²) in [6.45, 7) is 74.6. The first-order valence-corrected chi connectivity index (χ1v) is 32.8. The van der Waals surface area contributed by atoms with Gasteiger partial charge in [-0.05, 0) is 238 Å². The topological polar surface area (TPSA) is 188 Å². The lowest BCUT2D eigenvalue weighted by Crippen LogP contribution is -2.25. The number of hydrogen-bond acceptors (Lipinski definition) is 17. The molecule has 2 rings (SSSR count). The van der Waals surface area contributed by atoms with Crippen molar-refractivity contribution >= 4 is 24.1 Å². The van der Waals surface area contributed by atoms with Crippen molar-refractivity contribution in [3.63, 3.8) is 0 Å². The van der Waals surface area contributed by atoms with E-state index < -0.39 is 6.16 Å². The van der Waals surface area contributed by atoms with E-state index in [0.29, 0.717) is 61.7 Å². The maximum Gasteiger partial charge on any atom is 0.508 e. The van der Waals surface area contributed by atoms with Crippen molar-refractivity contribution in [2.75, 3.05) is 41.3 Å². The fourth-order valence-electron chi connectivity index (χ4n) is 4.71. The second kappa shape index (κ2) is 84.8. The predicted octanol–water partition coefficient (Wildman–Crippen LogP) is 22.3. The van der Waals surface area contributed by atoms with Gasteiger partial charge < -0.3 is 61.6 Å². The molecule has 0 heterocycles. The largest absolute Gasteiger partial charge is 0.508 e. The minimum absolute atomic E-state index is 0. The number of carbonyl (C=O) groups excluding carboxylic acids is 4. The van der Waals surface area contributed by atoms with Crippen LogP contribution in [-0.4, -0.2) is 144 Å². The highest BCUT2D eigenvalue weighted by atomic mass is 16.7. The van der Waals surface area contributed by atoms with Gasteiger partial charge in [0, 0.05) is 27.8 Å². The third kappa shape index (κ3) is 159. The molecule has 96 heavy (non-hydrogen) atoms. The molecule has 0 aliphatic rings. The van der Waals surface area contributed by atoms with Gasteiger partial charge in [0.25, 0.3) is 0 Å². The second-order valence-electron chi connectivity index (χ2n) is 26.0. The summed E-state index contributed by atoms with van der Waals surface area (Å²) < 4.78 is 63.9. The smallest absolute Gasteiger partial charge is 0.463 e. The molecule has 17 heteroatoms. The van der Waals surface area contributed by atoms with Crippen LogP contribution in [0.25, 0.3) is 0 Å². The van der Waals surface area contributed by atoms with Gasteiger partial charge in [0.05, 0.1) is 110 Å². The monoisotopic (exact) mass is 1390 g/mol. The Hall–Kier alpha value is -4.46. The zero-order valence-electron chi connectivity index (χ0n) is 66.3. The van der Waals surface area contributed by atoms with Crippen molar-refractivity contribution in [2.45, 2.75) is 357 Å². The Morgan fingerprint density at radius 3 is 0.958 bits per heavy atom. The van der Waals surface area contributed by atoms with Gasteiger partial charge in [-0.2, -0.15) is 0 Å². The van der Waals surface area contributed by atoms with Crippen LogP contribution < -0.4 is 0 Å². The quantitative estimate of drug-likeness (QED) is 0.0526. The maximum atomic E-state index is 11.2. The lowest BCUT2D eigenvalue weighted by molar-refractivity contribution is -0.156. The summed E-state index contributed by atoms with van der Waals surface area (Å²) in [5.41, 5.74) is 1.49. The van der Waals surface area contributed by atoms with Crippen molar-refractivity contribution in [1.82, 2.24) is 0 Å². The molecule has 0 bridgehead atoms. The van der Waals surface area contributed by atoms with Crippen molar-refractivity contribution < 1.29 is 80.8 Å². The Kier molecular flexibility index (Phi) is 110. The Balaban J connectivity index is -0.0000000641. The molecule has 0 aromatic heterocycles. The summed E-state index contributed by atoms with van der Waals surface area (Å²) in [6, 6.07) is 19.2. The highest BCUT2D eigenvalue weighted by molar-refractivity contribution is 5.89. The van der Waals surface area contributed by atoms with Crippen LogP contribution in [0.1, 0.15) is 288 Å². The molecular weight excluding hydrogens is 1220 g/mol. The van der Waals surface area contributed by atoms with Crippen molar-refractivity contribution in [3.8, 4) is 0 Å². The van der Waals surface area contributed by atoms with Crippen LogP contribution >= 0.6 is 0 Å². The van der Waals surface area contributed by atoms with Crippen LogP contribution in [0.3, 0.4) is 0 Å².